The van der Waals surface area contributed by atoms with Gasteiger partial charge in [-0.1, -0.05) is 6.92 Å². The molecule has 4 heteroatoms. The van der Waals surface area contributed by atoms with E-state index in [-0.39, 0.29) is 24.4 Å². The molecule has 0 aromatic heterocycles. The van der Waals surface area contributed by atoms with Gasteiger partial charge in [-0.2, -0.15) is 0 Å². The molecule has 2 atom stereocenters. The second-order valence-corrected chi connectivity index (χ2v) is 5.72. The predicted molar refractivity (Wildman–Crippen MR) is 70.2 cm³/mol. The summed E-state index contributed by atoms with van der Waals surface area (Å²) in [6.45, 7) is 12.5. The summed E-state index contributed by atoms with van der Waals surface area (Å²) in [6.07, 6.45) is 1.37. The van der Waals surface area contributed by atoms with Crippen LogP contribution in [0.15, 0.2) is 0 Å². The van der Waals surface area contributed by atoms with E-state index in [0.29, 0.717) is 0 Å². The highest BCUT2D eigenvalue weighted by molar-refractivity contribution is 4.84. The molecule has 0 bridgehead atoms. The van der Waals surface area contributed by atoms with Gasteiger partial charge in [0, 0.05) is 25.7 Å². The van der Waals surface area contributed by atoms with Crippen LogP contribution in [0.2, 0.25) is 0 Å². The Morgan fingerprint density at radius 1 is 1.53 bits per heavy atom. The minimum Gasteiger partial charge on any atom is -0.395 e. The number of aliphatic hydroxyl groups is 1. The van der Waals surface area contributed by atoms with Crippen LogP contribution in [0.25, 0.3) is 0 Å². The topological polar surface area (TPSA) is 44.7 Å². The molecular formula is C13H28N2O2. The maximum Gasteiger partial charge on any atom is 0.0757 e. The van der Waals surface area contributed by atoms with Crippen LogP contribution >= 0.6 is 0 Å². The van der Waals surface area contributed by atoms with Crippen LogP contribution in [0.1, 0.15) is 34.1 Å². The first-order valence-corrected chi connectivity index (χ1v) is 6.71. The molecule has 1 aliphatic heterocycles. The normalized spacial score (nSPS) is 27.0. The minimum absolute atomic E-state index is 0.0809. The second kappa shape index (κ2) is 6.69. The third kappa shape index (κ3) is 5.34. The molecule has 0 radical (unpaired) electrons. The Hall–Kier alpha value is -0.160. The van der Waals surface area contributed by atoms with E-state index in [0.717, 1.165) is 32.6 Å². The van der Waals surface area contributed by atoms with Gasteiger partial charge in [-0.15, -0.1) is 0 Å². The molecule has 1 heterocycles. The summed E-state index contributed by atoms with van der Waals surface area (Å²) >= 11 is 0. The molecule has 4 nitrogen and oxygen atoms in total. The smallest absolute Gasteiger partial charge is 0.0757 e. The molecule has 2 unspecified atom stereocenters. The van der Waals surface area contributed by atoms with Gasteiger partial charge in [-0.05, 0) is 33.7 Å². The number of rotatable bonds is 6. The molecule has 0 aromatic rings. The van der Waals surface area contributed by atoms with Crippen LogP contribution in [0, 0.1) is 0 Å². The fourth-order valence-corrected chi connectivity index (χ4v) is 2.57. The van der Waals surface area contributed by atoms with Crippen molar-refractivity contribution in [2.45, 2.75) is 51.9 Å². The Morgan fingerprint density at radius 3 is 2.76 bits per heavy atom. The van der Waals surface area contributed by atoms with E-state index >= 15 is 0 Å². The zero-order valence-electron chi connectivity index (χ0n) is 11.7. The van der Waals surface area contributed by atoms with E-state index in [9.17, 15) is 5.11 Å². The highest BCUT2D eigenvalue weighted by atomic mass is 16.5. The van der Waals surface area contributed by atoms with E-state index in [2.05, 4.69) is 37.9 Å². The lowest BCUT2D eigenvalue weighted by molar-refractivity contribution is -0.130. The Bertz CT molecular complexity index is 221. The molecule has 102 valence electrons. The molecular weight excluding hydrogens is 216 g/mol. The first-order chi connectivity index (χ1) is 7.96. The highest BCUT2D eigenvalue weighted by Crippen LogP contribution is 2.20. The monoisotopic (exact) mass is 244 g/mol. The molecule has 0 amide bonds. The molecule has 1 fully saturated rings. The van der Waals surface area contributed by atoms with Gasteiger partial charge in [0.25, 0.3) is 0 Å². The van der Waals surface area contributed by atoms with Gasteiger partial charge in [0.2, 0.25) is 0 Å². The molecule has 2 N–H and O–H groups in total. The Balaban J connectivity index is 2.43. The molecule has 17 heavy (non-hydrogen) atoms. The van der Waals surface area contributed by atoms with Gasteiger partial charge in [0.05, 0.1) is 18.3 Å². The second-order valence-electron chi connectivity index (χ2n) is 5.72. The van der Waals surface area contributed by atoms with Crippen molar-refractivity contribution in [3.05, 3.63) is 0 Å². The number of hydrogen-bond donors (Lipinski definition) is 2. The number of morpholine rings is 1. The summed E-state index contributed by atoms with van der Waals surface area (Å²) in [4.78, 5) is 2.39. The summed E-state index contributed by atoms with van der Waals surface area (Å²) in [5.74, 6) is 0. The Labute approximate surface area is 105 Å². The average Bonchev–Trinajstić information content (AvgIpc) is 2.21. The van der Waals surface area contributed by atoms with Crippen molar-refractivity contribution >= 4 is 0 Å². The van der Waals surface area contributed by atoms with Crippen LogP contribution in [-0.4, -0.2) is 60.5 Å². The zero-order chi connectivity index (χ0) is 12.9. The van der Waals surface area contributed by atoms with Crippen LogP contribution in [0.3, 0.4) is 0 Å². The molecule has 1 saturated heterocycles. The summed E-state index contributed by atoms with van der Waals surface area (Å²) < 4.78 is 5.88. The van der Waals surface area contributed by atoms with Gasteiger partial charge >= 0.3 is 0 Å². The van der Waals surface area contributed by atoms with Crippen molar-refractivity contribution in [3.63, 3.8) is 0 Å². The minimum atomic E-state index is -0.0809. The third-order valence-corrected chi connectivity index (χ3v) is 3.02. The third-order valence-electron chi connectivity index (χ3n) is 3.02. The summed E-state index contributed by atoms with van der Waals surface area (Å²) in [6, 6.07) is 0.177. The van der Waals surface area contributed by atoms with Crippen LogP contribution in [-0.2, 0) is 4.74 Å². The van der Waals surface area contributed by atoms with Crippen molar-refractivity contribution in [1.29, 1.82) is 0 Å². The Kier molecular flexibility index (Phi) is 5.86. The van der Waals surface area contributed by atoms with Crippen molar-refractivity contribution < 1.29 is 9.84 Å². The van der Waals surface area contributed by atoms with Crippen molar-refractivity contribution in [1.82, 2.24) is 10.2 Å². The lowest BCUT2D eigenvalue weighted by Crippen LogP contribution is -2.55. The average molecular weight is 244 g/mol. The van der Waals surface area contributed by atoms with E-state index < -0.39 is 0 Å². The van der Waals surface area contributed by atoms with Gasteiger partial charge in [-0.25, -0.2) is 0 Å². The Morgan fingerprint density at radius 2 is 2.24 bits per heavy atom. The van der Waals surface area contributed by atoms with Gasteiger partial charge in [0.15, 0.2) is 0 Å². The standard InChI is InChI=1S/C13H28N2O2/c1-5-6-14-12(9-16)8-15-7-11(2)17-13(3,4)10-15/h11-12,14,16H,5-10H2,1-4H3. The van der Waals surface area contributed by atoms with E-state index in [4.69, 9.17) is 4.74 Å². The molecule has 0 aliphatic carbocycles. The summed E-state index contributed by atoms with van der Waals surface area (Å²) in [5.41, 5.74) is -0.0809. The van der Waals surface area contributed by atoms with Gasteiger partial charge in [-0.3, -0.25) is 4.90 Å². The predicted octanol–water partition coefficient (Wildman–Crippen LogP) is 0.846. The molecule has 0 saturated carbocycles. The fourth-order valence-electron chi connectivity index (χ4n) is 2.57. The molecule has 1 aliphatic rings. The number of nitrogens with one attached hydrogen (secondary N) is 1. The lowest BCUT2D eigenvalue weighted by Gasteiger charge is -2.42. The van der Waals surface area contributed by atoms with E-state index in [1.807, 2.05) is 0 Å². The first kappa shape index (κ1) is 14.9. The SMILES string of the molecule is CCCNC(CO)CN1CC(C)OC(C)(C)C1. The number of hydrogen-bond acceptors (Lipinski definition) is 4. The van der Waals surface area contributed by atoms with Crippen molar-refractivity contribution in [3.8, 4) is 0 Å². The van der Waals surface area contributed by atoms with Crippen LogP contribution < -0.4 is 5.32 Å². The van der Waals surface area contributed by atoms with Gasteiger partial charge in [0.1, 0.15) is 0 Å². The first-order valence-electron chi connectivity index (χ1n) is 6.71. The quantitative estimate of drug-likeness (QED) is 0.727. The van der Waals surface area contributed by atoms with E-state index in [1.165, 1.54) is 0 Å². The molecule has 1 rings (SSSR count). The maximum atomic E-state index is 9.36. The number of ether oxygens (including phenoxy) is 1. The fraction of sp³-hybridized carbons (Fsp3) is 1.00. The molecule has 0 aromatic carbocycles. The number of aliphatic hydroxyl groups excluding tert-OH is 1. The number of nitrogens with zero attached hydrogens (tertiary/aromatic N) is 1. The van der Waals surface area contributed by atoms with Crippen molar-refractivity contribution in [2.24, 2.45) is 0 Å². The van der Waals surface area contributed by atoms with Crippen molar-refractivity contribution in [2.75, 3.05) is 32.8 Å². The summed E-state index contributed by atoms with van der Waals surface area (Å²) in [5, 5.41) is 12.7. The summed E-state index contributed by atoms with van der Waals surface area (Å²) in [7, 11) is 0. The maximum absolute atomic E-state index is 9.36. The zero-order valence-corrected chi connectivity index (χ0v) is 11.7. The van der Waals surface area contributed by atoms with Gasteiger partial charge < -0.3 is 15.2 Å². The lowest BCUT2D eigenvalue weighted by atomic mass is 10.0. The largest absolute Gasteiger partial charge is 0.395 e. The van der Waals surface area contributed by atoms with Crippen LogP contribution in [0.4, 0.5) is 0 Å². The molecule has 0 spiro atoms. The highest BCUT2D eigenvalue weighted by Gasteiger charge is 2.31. The van der Waals surface area contributed by atoms with E-state index in [1.54, 1.807) is 0 Å². The van der Waals surface area contributed by atoms with Crippen LogP contribution in [0.5, 0.6) is 0 Å².